The summed E-state index contributed by atoms with van der Waals surface area (Å²) in [5, 5.41) is 9.08. The summed E-state index contributed by atoms with van der Waals surface area (Å²) < 4.78 is 26.0. The standard InChI is InChI=1S/C12H13FN4O4/c1-5-7-10(15-3-14-5)17(4-16-7)11-6(13)8(20-2)9(21-11)12(18)19/h3-4,6,8-9,11H,1-2H3,(H,18,19)/t6-,8-,9?,11?/m0/s1. The molecule has 0 spiro atoms. The molecule has 2 aromatic rings. The Hall–Kier alpha value is -2.13. The highest BCUT2D eigenvalue weighted by molar-refractivity contribution is 5.74. The molecule has 0 radical (unpaired) electrons. The molecule has 1 saturated heterocycles. The van der Waals surface area contributed by atoms with E-state index in [1.807, 2.05) is 0 Å². The Labute approximate surface area is 118 Å². The van der Waals surface area contributed by atoms with E-state index in [0.717, 1.165) is 0 Å². The molecule has 1 fully saturated rings. The number of hydrogen-bond acceptors (Lipinski definition) is 6. The molecule has 2 unspecified atom stereocenters. The number of methoxy groups -OCH3 is 1. The maximum atomic E-state index is 14.4. The number of ether oxygens (including phenoxy) is 2. The molecule has 0 saturated carbocycles. The van der Waals surface area contributed by atoms with Crippen LogP contribution in [0, 0.1) is 6.92 Å². The molecule has 0 amide bonds. The van der Waals surface area contributed by atoms with E-state index >= 15 is 0 Å². The zero-order valence-corrected chi connectivity index (χ0v) is 11.3. The Kier molecular flexibility index (Phi) is 3.30. The molecule has 1 aliphatic heterocycles. The van der Waals surface area contributed by atoms with E-state index in [1.165, 1.54) is 24.3 Å². The lowest BCUT2D eigenvalue weighted by Gasteiger charge is -2.15. The highest BCUT2D eigenvalue weighted by atomic mass is 19.1. The topological polar surface area (TPSA) is 99.4 Å². The van der Waals surface area contributed by atoms with Gasteiger partial charge < -0.3 is 14.6 Å². The predicted molar refractivity (Wildman–Crippen MR) is 67.3 cm³/mol. The second-order valence-electron chi connectivity index (χ2n) is 4.71. The van der Waals surface area contributed by atoms with Gasteiger partial charge in [-0.25, -0.2) is 24.1 Å². The number of halogens is 1. The van der Waals surface area contributed by atoms with Crippen LogP contribution in [0.25, 0.3) is 11.2 Å². The molecule has 8 nitrogen and oxygen atoms in total. The number of aliphatic carboxylic acids is 1. The quantitative estimate of drug-likeness (QED) is 0.878. The molecule has 3 heterocycles. The predicted octanol–water partition coefficient (Wildman–Crippen LogP) is 0.470. The van der Waals surface area contributed by atoms with Crippen molar-refractivity contribution in [2.24, 2.45) is 0 Å². The van der Waals surface area contributed by atoms with Crippen molar-refractivity contribution < 1.29 is 23.8 Å². The van der Waals surface area contributed by atoms with Crippen molar-refractivity contribution in [3.63, 3.8) is 0 Å². The van der Waals surface area contributed by atoms with E-state index in [9.17, 15) is 9.18 Å². The zero-order valence-electron chi connectivity index (χ0n) is 11.3. The van der Waals surface area contributed by atoms with Crippen molar-refractivity contribution in [2.45, 2.75) is 31.5 Å². The average Bonchev–Trinajstić information content (AvgIpc) is 3.00. The maximum Gasteiger partial charge on any atom is 0.335 e. The molecule has 4 atom stereocenters. The first-order chi connectivity index (χ1) is 10.0. The molecule has 0 bridgehead atoms. The van der Waals surface area contributed by atoms with Crippen molar-refractivity contribution in [2.75, 3.05) is 7.11 Å². The van der Waals surface area contributed by atoms with Gasteiger partial charge in [0.15, 0.2) is 24.2 Å². The van der Waals surface area contributed by atoms with Crippen molar-refractivity contribution in [3.05, 3.63) is 18.3 Å². The molecule has 9 heteroatoms. The van der Waals surface area contributed by atoms with E-state index in [0.29, 0.717) is 16.9 Å². The normalized spacial score (nSPS) is 29.1. The molecule has 2 aromatic heterocycles. The molecular weight excluding hydrogens is 283 g/mol. The van der Waals surface area contributed by atoms with Gasteiger partial charge in [-0.05, 0) is 6.92 Å². The van der Waals surface area contributed by atoms with E-state index in [1.54, 1.807) is 6.92 Å². The number of alkyl halides is 1. The fraction of sp³-hybridized carbons (Fsp3) is 0.500. The van der Waals surface area contributed by atoms with Gasteiger partial charge in [-0.3, -0.25) is 4.57 Å². The van der Waals surface area contributed by atoms with Crippen LogP contribution in [0.2, 0.25) is 0 Å². The summed E-state index contributed by atoms with van der Waals surface area (Å²) in [7, 11) is 1.25. The third-order valence-electron chi connectivity index (χ3n) is 3.50. The van der Waals surface area contributed by atoms with Crippen molar-refractivity contribution >= 4 is 17.1 Å². The number of hydrogen-bond donors (Lipinski definition) is 1. The van der Waals surface area contributed by atoms with Crippen LogP contribution < -0.4 is 0 Å². The van der Waals surface area contributed by atoms with Crippen LogP contribution in [0.5, 0.6) is 0 Å². The van der Waals surface area contributed by atoms with Gasteiger partial charge in [0.25, 0.3) is 0 Å². The highest BCUT2D eigenvalue weighted by Gasteiger charge is 2.50. The van der Waals surface area contributed by atoms with Crippen molar-refractivity contribution in [1.29, 1.82) is 0 Å². The summed E-state index contributed by atoms with van der Waals surface area (Å²) >= 11 is 0. The van der Waals surface area contributed by atoms with Crippen LogP contribution in [0.3, 0.4) is 0 Å². The number of aryl methyl sites for hydroxylation is 1. The number of fused-ring (bicyclic) bond motifs is 1. The van der Waals surface area contributed by atoms with Crippen LogP contribution in [0.4, 0.5) is 4.39 Å². The number of nitrogens with zero attached hydrogens (tertiary/aromatic N) is 4. The molecule has 112 valence electrons. The zero-order chi connectivity index (χ0) is 15.1. The summed E-state index contributed by atoms with van der Waals surface area (Å²) in [6.45, 7) is 1.75. The van der Waals surface area contributed by atoms with Gasteiger partial charge in [0.2, 0.25) is 0 Å². The highest BCUT2D eigenvalue weighted by Crippen LogP contribution is 2.35. The molecule has 1 N–H and O–H groups in total. The smallest absolute Gasteiger partial charge is 0.335 e. The lowest BCUT2D eigenvalue weighted by atomic mass is 10.1. The summed E-state index contributed by atoms with van der Waals surface area (Å²) in [5.74, 6) is -1.28. The first-order valence-electron chi connectivity index (χ1n) is 6.24. The number of carboxylic acid groups (broad SMARTS) is 1. The van der Waals surface area contributed by atoms with E-state index < -0.39 is 30.6 Å². The number of carbonyl (C=O) groups is 1. The summed E-state index contributed by atoms with van der Waals surface area (Å²) in [6.07, 6.45) is -2.68. The van der Waals surface area contributed by atoms with Crippen LogP contribution in [-0.4, -0.2) is 56.1 Å². The maximum absolute atomic E-state index is 14.4. The Morgan fingerprint density at radius 3 is 2.86 bits per heavy atom. The minimum atomic E-state index is -1.65. The largest absolute Gasteiger partial charge is 0.479 e. The fourth-order valence-electron chi connectivity index (χ4n) is 2.46. The Bertz CT molecular complexity index is 691. The van der Waals surface area contributed by atoms with Gasteiger partial charge in [-0.2, -0.15) is 0 Å². The van der Waals surface area contributed by atoms with Gasteiger partial charge in [-0.1, -0.05) is 0 Å². The SMILES string of the molecule is CO[C@@H]1C(C(=O)O)OC(n2cnc3c(C)ncnc32)[C@H]1F. The van der Waals surface area contributed by atoms with Crippen LogP contribution in [0.1, 0.15) is 11.9 Å². The third-order valence-corrected chi connectivity index (χ3v) is 3.50. The molecule has 3 rings (SSSR count). The number of rotatable bonds is 3. The van der Waals surface area contributed by atoms with Crippen molar-refractivity contribution in [3.8, 4) is 0 Å². The molecule has 0 aliphatic carbocycles. The molecular formula is C12H13FN4O4. The first-order valence-corrected chi connectivity index (χ1v) is 6.24. The Balaban J connectivity index is 2.03. The average molecular weight is 296 g/mol. The molecule has 0 aromatic carbocycles. The van der Waals surface area contributed by atoms with Gasteiger partial charge in [0.05, 0.1) is 12.0 Å². The van der Waals surface area contributed by atoms with Gasteiger partial charge in [0.1, 0.15) is 17.9 Å². The van der Waals surface area contributed by atoms with Crippen LogP contribution in [0.15, 0.2) is 12.7 Å². The van der Waals surface area contributed by atoms with Crippen LogP contribution >= 0.6 is 0 Å². The number of aromatic nitrogens is 4. The van der Waals surface area contributed by atoms with Gasteiger partial charge in [-0.15, -0.1) is 0 Å². The fourth-order valence-corrected chi connectivity index (χ4v) is 2.46. The summed E-state index contributed by atoms with van der Waals surface area (Å²) in [6, 6.07) is 0. The number of imidazole rings is 1. The second-order valence-corrected chi connectivity index (χ2v) is 4.71. The monoisotopic (exact) mass is 296 g/mol. The minimum Gasteiger partial charge on any atom is -0.479 e. The van der Waals surface area contributed by atoms with Crippen LogP contribution in [-0.2, 0) is 14.3 Å². The second kappa shape index (κ2) is 5.01. The van der Waals surface area contributed by atoms with Gasteiger partial charge >= 0.3 is 5.97 Å². The van der Waals surface area contributed by atoms with E-state index in [-0.39, 0.29) is 0 Å². The first kappa shape index (κ1) is 13.8. The molecule has 1 aliphatic rings. The number of carboxylic acids is 1. The lowest BCUT2D eigenvalue weighted by molar-refractivity contribution is -0.156. The Morgan fingerprint density at radius 1 is 1.48 bits per heavy atom. The van der Waals surface area contributed by atoms with E-state index in [2.05, 4.69) is 15.0 Å². The molecule has 21 heavy (non-hydrogen) atoms. The van der Waals surface area contributed by atoms with Gasteiger partial charge in [0, 0.05) is 7.11 Å². The summed E-state index contributed by atoms with van der Waals surface area (Å²) in [5.41, 5.74) is 1.54. The third kappa shape index (κ3) is 2.05. The summed E-state index contributed by atoms with van der Waals surface area (Å²) in [4.78, 5) is 23.3. The Morgan fingerprint density at radius 2 is 2.24 bits per heavy atom. The minimum absolute atomic E-state index is 0.385. The van der Waals surface area contributed by atoms with Crippen molar-refractivity contribution in [1.82, 2.24) is 19.5 Å². The van der Waals surface area contributed by atoms with E-state index in [4.69, 9.17) is 14.6 Å². The lowest BCUT2D eigenvalue weighted by Crippen LogP contribution is -2.35.